The minimum atomic E-state index is -0.167. The van der Waals surface area contributed by atoms with Gasteiger partial charge >= 0.3 is 0 Å². The summed E-state index contributed by atoms with van der Waals surface area (Å²) >= 11 is 0. The molecule has 0 radical (unpaired) electrons. The van der Waals surface area contributed by atoms with Crippen molar-refractivity contribution in [3.05, 3.63) is 0 Å². The normalized spacial score (nSPS) is 22.2. The van der Waals surface area contributed by atoms with Gasteiger partial charge in [-0.2, -0.15) is 0 Å². The predicted octanol–water partition coefficient (Wildman–Crippen LogP) is -0.306. The van der Waals surface area contributed by atoms with Gasteiger partial charge in [-0.25, -0.2) is 0 Å². The van der Waals surface area contributed by atoms with Gasteiger partial charge < -0.3 is 0 Å². The van der Waals surface area contributed by atoms with E-state index in [4.69, 9.17) is 5.73 Å². The van der Waals surface area contributed by atoms with Gasteiger partial charge in [0.1, 0.15) is 0 Å². The first-order valence-corrected chi connectivity index (χ1v) is 1.05. The molecule has 3 heteroatoms. The highest BCUT2D eigenvalue weighted by molar-refractivity contribution is 4.57. The minimum absolute atomic E-state index is 0.167. The van der Waals surface area contributed by atoms with Gasteiger partial charge in [0.05, 0.1) is 0 Å². The summed E-state index contributed by atoms with van der Waals surface area (Å²) in [4.78, 5) is 0. The maximum Gasteiger partial charge on any atom is 0.230 e. The molecule has 0 amide bonds. The van der Waals surface area contributed by atoms with Gasteiger partial charge in [-0.15, -0.1) is 10.2 Å². The van der Waals surface area contributed by atoms with Crippen LogP contribution in [0.1, 0.15) is 0 Å². The molecule has 1 aliphatic heterocycles. The van der Waals surface area contributed by atoms with Gasteiger partial charge in [-0.1, -0.05) is 0 Å². The Morgan fingerprint density at radius 2 is 1.75 bits per heavy atom. The molecule has 0 aliphatic carbocycles. The molecular formula is CH3N3. The van der Waals surface area contributed by atoms with Crippen molar-refractivity contribution in [2.75, 3.05) is 0 Å². The fourth-order valence-corrected chi connectivity index (χ4v) is 0.0385. The molecule has 3 nitrogen and oxygen atoms in total. The van der Waals surface area contributed by atoms with Crippen LogP contribution in [0.15, 0.2) is 10.2 Å². The molecule has 0 saturated carbocycles. The van der Waals surface area contributed by atoms with Crippen molar-refractivity contribution in [1.82, 2.24) is 0 Å². The average molecular weight is 57.1 g/mol. The zero-order valence-electron chi connectivity index (χ0n) is 2.05. The van der Waals surface area contributed by atoms with Crippen LogP contribution in [0.25, 0.3) is 0 Å². The second-order valence-corrected chi connectivity index (χ2v) is 0.645. The van der Waals surface area contributed by atoms with E-state index in [1.165, 1.54) is 0 Å². The second-order valence-electron chi connectivity index (χ2n) is 0.645. The fraction of sp³-hybridized carbons (Fsp3) is 1.00. The third kappa shape index (κ3) is 0.0746. The van der Waals surface area contributed by atoms with Crippen LogP contribution in [-0.2, 0) is 0 Å². The molecule has 0 aromatic heterocycles. The summed E-state index contributed by atoms with van der Waals surface area (Å²) in [6.45, 7) is 0. The summed E-state index contributed by atoms with van der Waals surface area (Å²) in [5.74, 6) is 0. The Labute approximate surface area is 23.5 Å². The Bertz CT molecular complexity index is 41.2. The Morgan fingerprint density at radius 1 is 1.50 bits per heavy atom. The first-order chi connectivity index (χ1) is 1.89. The molecule has 0 spiro atoms. The number of rotatable bonds is 0. The Balaban J connectivity index is 2.32. The highest BCUT2D eigenvalue weighted by Crippen LogP contribution is 1.97. The number of hydrogen-bond acceptors (Lipinski definition) is 3. The molecule has 0 fully saturated rings. The highest BCUT2D eigenvalue weighted by atomic mass is 15.4. The van der Waals surface area contributed by atoms with E-state index in [1.807, 2.05) is 0 Å². The highest BCUT2D eigenvalue weighted by Gasteiger charge is 2.03. The lowest BCUT2D eigenvalue weighted by atomic mass is 11.1. The molecule has 0 atom stereocenters. The van der Waals surface area contributed by atoms with Gasteiger partial charge in [-0.05, 0) is 0 Å². The summed E-state index contributed by atoms with van der Waals surface area (Å²) in [6.07, 6.45) is -0.167. The lowest BCUT2D eigenvalue weighted by Crippen LogP contribution is -1.96. The molecule has 1 aliphatic rings. The van der Waals surface area contributed by atoms with Crippen molar-refractivity contribution in [2.24, 2.45) is 16.0 Å². The van der Waals surface area contributed by atoms with Crippen LogP contribution in [0.4, 0.5) is 0 Å². The topological polar surface area (TPSA) is 50.7 Å². The van der Waals surface area contributed by atoms with Gasteiger partial charge in [0.15, 0.2) is 0 Å². The van der Waals surface area contributed by atoms with Gasteiger partial charge in [0.2, 0.25) is 6.29 Å². The maximum absolute atomic E-state index is 4.89. The van der Waals surface area contributed by atoms with Crippen molar-refractivity contribution in [3.63, 3.8) is 0 Å². The maximum atomic E-state index is 4.89. The first kappa shape index (κ1) is 1.84. The summed E-state index contributed by atoms with van der Waals surface area (Å²) in [5.41, 5.74) is 4.89. The van der Waals surface area contributed by atoms with Crippen LogP contribution >= 0.6 is 0 Å². The molecule has 1 rings (SSSR count). The Hall–Kier alpha value is -0.440. The second kappa shape index (κ2) is 0.300. The molecule has 4 heavy (non-hydrogen) atoms. The summed E-state index contributed by atoms with van der Waals surface area (Å²) < 4.78 is 0. The van der Waals surface area contributed by atoms with Gasteiger partial charge in [0, 0.05) is 0 Å². The molecule has 2 N–H and O–H groups in total. The third-order valence-electron chi connectivity index (χ3n) is 0.249. The third-order valence-corrected chi connectivity index (χ3v) is 0.249. The largest absolute Gasteiger partial charge is 0.288 e. The standard InChI is InChI=1S/CH3N3/c2-1-3-4-1/h1H,2H2. The number of hydrogen-bond donors (Lipinski definition) is 1. The van der Waals surface area contributed by atoms with Crippen LogP contribution in [0.3, 0.4) is 0 Å². The van der Waals surface area contributed by atoms with Crippen LogP contribution in [-0.4, -0.2) is 6.29 Å². The monoisotopic (exact) mass is 57.0 g/mol. The minimum Gasteiger partial charge on any atom is -0.288 e. The van der Waals surface area contributed by atoms with Gasteiger partial charge in [-0.3, -0.25) is 5.73 Å². The van der Waals surface area contributed by atoms with Crippen LogP contribution < -0.4 is 5.73 Å². The van der Waals surface area contributed by atoms with E-state index >= 15 is 0 Å². The zero-order chi connectivity index (χ0) is 2.99. The van der Waals surface area contributed by atoms with Crippen molar-refractivity contribution < 1.29 is 0 Å². The summed E-state index contributed by atoms with van der Waals surface area (Å²) in [7, 11) is 0. The van der Waals surface area contributed by atoms with Crippen molar-refractivity contribution in [1.29, 1.82) is 0 Å². The lowest BCUT2D eigenvalue weighted by molar-refractivity contribution is 1.00. The molecule has 0 aromatic carbocycles. The first-order valence-electron chi connectivity index (χ1n) is 1.05. The van der Waals surface area contributed by atoms with E-state index in [0.29, 0.717) is 0 Å². The van der Waals surface area contributed by atoms with E-state index in [-0.39, 0.29) is 6.29 Å². The average Bonchev–Trinajstić information content (AvgIpc) is 1.75. The predicted molar refractivity (Wildman–Crippen MR) is 12.8 cm³/mol. The van der Waals surface area contributed by atoms with Crippen LogP contribution in [0.5, 0.6) is 0 Å². The Morgan fingerprint density at radius 3 is 1.75 bits per heavy atom. The van der Waals surface area contributed by atoms with E-state index in [1.54, 1.807) is 0 Å². The molecule has 22 valence electrons. The quantitative estimate of drug-likeness (QED) is 0.407. The van der Waals surface area contributed by atoms with Crippen LogP contribution in [0, 0.1) is 0 Å². The van der Waals surface area contributed by atoms with E-state index in [9.17, 15) is 0 Å². The fourth-order valence-electron chi connectivity index (χ4n) is 0.0385. The number of nitrogens with zero attached hydrogens (tertiary/aromatic N) is 2. The number of nitrogens with two attached hydrogens (primary N) is 1. The smallest absolute Gasteiger partial charge is 0.230 e. The van der Waals surface area contributed by atoms with Gasteiger partial charge in [0.25, 0.3) is 0 Å². The lowest BCUT2D eigenvalue weighted by Gasteiger charge is -1.53. The SMILES string of the molecule is NC1N=N1. The van der Waals surface area contributed by atoms with Crippen molar-refractivity contribution in [3.8, 4) is 0 Å². The molecule has 0 bridgehead atoms. The summed E-state index contributed by atoms with van der Waals surface area (Å²) in [6, 6.07) is 0. The molecular weight excluding hydrogens is 54.0 g/mol. The van der Waals surface area contributed by atoms with Crippen LogP contribution in [0.2, 0.25) is 0 Å². The zero-order valence-corrected chi connectivity index (χ0v) is 2.05. The molecule has 1 heterocycles. The molecule has 0 aromatic rings. The van der Waals surface area contributed by atoms with E-state index < -0.39 is 0 Å². The summed E-state index contributed by atoms with van der Waals surface area (Å²) in [5, 5.41) is 6.61. The van der Waals surface area contributed by atoms with Crippen molar-refractivity contribution in [2.45, 2.75) is 6.29 Å². The Kier molecular flexibility index (Phi) is 0.138. The van der Waals surface area contributed by atoms with E-state index in [2.05, 4.69) is 10.2 Å². The molecule has 0 unspecified atom stereocenters. The van der Waals surface area contributed by atoms with Crippen molar-refractivity contribution >= 4 is 0 Å². The molecule has 0 saturated heterocycles. The van der Waals surface area contributed by atoms with E-state index in [0.717, 1.165) is 0 Å².